The van der Waals surface area contributed by atoms with Crippen molar-refractivity contribution < 1.29 is 23.0 Å². The molecule has 1 aliphatic rings. The summed E-state index contributed by atoms with van der Waals surface area (Å²) in [5.41, 5.74) is 0.716. The highest BCUT2D eigenvalue weighted by Crippen LogP contribution is 2.32. The van der Waals surface area contributed by atoms with E-state index < -0.39 is 12.5 Å². The van der Waals surface area contributed by atoms with Gasteiger partial charge in [0, 0.05) is 5.92 Å². The lowest BCUT2D eigenvalue weighted by molar-refractivity contribution is -0.308. The Bertz CT molecular complexity index is 332. The molecule has 1 aliphatic carbocycles. The summed E-state index contributed by atoms with van der Waals surface area (Å²) in [4.78, 5) is 0. The van der Waals surface area contributed by atoms with Crippen LogP contribution in [0.5, 0.6) is 0 Å². The van der Waals surface area contributed by atoms with E-state index >= 15 is 0 Å². The molecule has 0 heterocycles. The normalized spacial score (nSPS) is 22.2. The largest absolute Gasteiger partial charge is 0.572 e. The smallest absolute Gasteiger partial charge is 0.410 e. The molecule has 0 aromatic heterocycles. The van der Waals surface area contributed by atoms with E-state index in [9.17, 15) is 18.3 Å². The molecule has 2 atom stereocenters. The van der Waals surface area contributed by atoms with Crippen LogP contribution in [-0.4, -0.2) is 17.6 Å². The van der Waals surface area contributed by atoms with E-state index in [1.165, 1.54) is 6.08 Å². The number of rotatable bonds is 5. The zero-order valence-electron chi connectivity index (χ0n) is 10.6. The molecular weight excluding hydrogens is 245 g/mol. The Labute approximate surface area is 105 Å². The molecule has 2 nitrogen and oxygen atoms in total. The van der Waals surface area contributed by atoms with Crippen molar-refractivity contribution >= 4 is 0 Å². The third-order valence-corrected chi connectivity index (χ3v) is 2.87. The SMILES string of the molecule is CCCC(O)CC1=CCC(C)C(OC(F)(F)F)=C1. The molecule has 2 unspecified atom stereocenters. The van der Waals surface area contributed by atoms with Gasteiger partial charge in [0.15, 0.2) is 0 Å². The van der Waals surface area contributed by atoms with Gasteiger partial charge in [-0.2, -0.15) is 0 Å². The van der Waals surface area contributed by atoms with Crippen molar-refractivity contribution in [2.24, 2.45) is 5.92 Å². The maximum Gasteiger partial charge on any atom is 0.572 e. The van der Waals surface area contributed by atoms with Crippen molar-refractivity contribution in [3.05, 3.63) is 23.5 Å². The van der Waals surface area contributed by atoms with Crippen molar-refractivity contribution in [2.45, 2.75) is 52.0 Å². The summed E-state index contributed by atoms with van der Waals surface area (Å²) >= 11 is 0. The summed E-state index contributed by atoms with van der Waals surface area (Å²) in [6, 6.07) is 0. The lowest BCUT2D eigenvalue weighted by Gasteiger charge is -2.22. The fourth-order valence-electron chi connectivity index (χ4n) is 1.94. The first-order chi connectivity index (χ1) is 8.31. The summed E-state index contributed by atoms with van der Waals surface area (Å²) in [5, 5.41) is 9.65. The van der Waals surface area contributed by atoms with Crippen LogP contribution in [0.25, 0.3) is 0 Å². The first kappa shape index (κ1) is 15.1. The van der Waals surface area contributed by atoms with Gasteiger partial charge < -0.3 is 9.84 Å². The average Bonchev–Trinajstić information content (AvgIpc) is 2.21. The summed E-state index contributed by atoms with van der Waals surface area (Å²) in [6.45, 7) is 3.64. The molecule has 18 heavy (non-hydrogen) atoms. The number of hydrogen-bond donors (Lipinski definition) is 1. The number of allylic oxidation sites excluding steroid dienone is 3. The molecule has 1 N–H and O–H groups in total. The van der Waals surface area contributed by atoms with Crippen molar-refractivity contribution in [1.29, 1.82) is 0 Å². The van der Waals surface area contributed by atoms with Crippen LogP contribution in [-0.2, 0) is 4.74 Å². The summed E-state index contributed by atoms with van der Waals surface area (Å²) in [6.07, 6.45) is 0.508. The molecular formula is C13H19F3O2. The van der Waals surface area contributed by atoms with Gasteiger partial charge in [0.1, 0.15) is 5.76 Å². The minimum atomic E-state index is -4.65. The van der Waals surface area contributed by atoms with Gasteiger partial charge >= 0.3 is 6.36 Å². The maximum absolute atomic E-state index is 12.2. The average molecular weight is 264 g/mol. The Morgan fingerprint density at radius 1 is 1.50 bits per heavy atom. The second-order valence-corrected chi connectivity index (χ2v) is 4.66. The van der Waals surface area contributed by atoms with Crippen LogP contribution in [0, 0.1) is 5.92 Å². The third kappa shape index (κ3) is 5.12. The summed E-state index contributed by atoms with van der Waals surface area (Å²) < 4.78 is 40.6. The lowest BCUT2D eigenvalue weighted by atomic mass is 9.93. The fraction of sp³-hybridized carbons (Fsp3) is 0.692. The fourth-order valence-corrected chi connectivity index (χ4v) is 1.94. The standard InChI is InChI=1S/C13H19F3O2/c1-3-4-11(17)7-10-6-5-9(2)12(8-10)18-13(14,15)16/h6,8-9,11,17H,3-5,7H2,1-2H3. The second-order valence-electron chi connectivity index (χ2n) is 4.66. The van der Waals surface area contributed by atoms with E-state index in [1.807, 2.05) is 13.0 Å². The van der Waals surface area contributed by atoms with Crippen LogP contribution in [0.15, 0.2) is 23.5 Å². The zero-order valence-corrected chi connectivity index (χ0v) is 10.6. The number of hydrogen-bond acceptors (Lipinski definition) is 2. The quantitative estimate of drug-likeness (QED) is 0.815. The van der Waals surface area contributed by atoms with Gasteiger partial charge in [-0.25, -0.2) is 0 Å². The maximum atomic E-state index is 12.2. The van der Waals surface area contributed by atoms with Crippen molar-refractivity contribution in [2.75, 3.05) is 0 Å². The first-order valence-electron chi connectivity index (χ1n) is 6.16. The van der Waals surface area contributed by atoms with E-state index in [4.69, 9.17) is 0 Å². The van der Waals surface area contributed by atoms with Gasteiger partial charge in [-0.3, -0.25) is 0 Å². The molecule has 0 bridgehead atoms. The van der Waals surface area contributed by atoms with Crippen LogP contribution in [0.3, 0.4) is 0 Å². The Morgan fingerprint density at radius 2 is 2.17 bits per heavy atom. The molecule has 1 rings (SSSR count). The van der Waals surface area contributed by atoms with Crippen molar-refractivity contribution in [1.82, 2.24) is 0 Å². The van der Waals surface area contributed by atoms with E-state index in [0.717, 1.165) is 6.42 Å². The summed E-state index contributed by atoms with van der Waals surface area (Å²) in [7, 11) is 0. The third-order valence-electron chi connectivity index (χ3n) is 2.87. The minimum absolute atomic E-state index is 0.0660. The van der Waals surface area contributed by atoms with E-state index in [0.29, 0.717) is 24.8 Å². The van der Waals surface area contributed by atoms with Crippen LogP contribution in [0.1, 0.15) is 39.5 Å². The van der Waals surface area contributed by atoms with Crippen LogP contribution in [0.2, 0.25) is 0 Å². The Kier molecular flexibility index (Phi) is 5.26. The van der Waals surface area contributed by atoms with E-state index in [1.54, 1.807) is 6.92 Å². The molecule has 0 aromatic rings. The number of aliphatic hydroxyl groups excluding tert-OH is 1. The zero-order chi connectivity index (χ0) is 13.8. The highest BCUT2D eigenvalue weighted by Gasteiger charge is 2.34. The number of ether oxygens (including phenoxy) is 1. The van der Waals surface area contributed by atoms with E-state index in [2.05, 4.69) is 4.74 Å². The van der Waals surface area contributed by atoms with E-state index in [-0.39, 0.29) is 11.7 Å². The number of halogens is 3. The van der Waals surface area contributed by atoms with Gasteiger partial charge in [0.25, 0.3) is 0 Å². The van der Waals surface area contributed by atoms with Gasteiger partial charge in [0.05, 0.1) is 6.10 Å². The minimum Gasteiger partial charge on any atom is -0.410 e. The lowest BCUT2D eigenvalue weighted by Crippen LogP contribution is -2.19. The van der Waals surface area contributed by atoms with Gasteiger partial charge in [-0.15, -0.1) is 13.2 Å². The molecule has 0 radical (unpaired) electrons. The highest BCUT2D eigenvalue weighted by molar-refractivity contribution is 5.27. The summed E-state index contributed by atoms with van der Waals surface area (Å²) in [5.74, 6) is -0.345. The Hall–Kier alpha value is -0.970. The molecule has 0 aromatic carbocycles. The Balaban J connectivity index is 2.66. The molecule has 0 saturated carbocycles. The molecule has 0 saturated heterocycles. The topological polar surface area (TPSA) is 29.5 Å². The predicted molar refractivity (Wildman–Crippen MR) is 62.6 cm³/mol. The second kappa shape index (κ2) is 6.27. The Morgan fingerprint density at radius 3 is 2.72 bits per heavy atom. The number of aliphatic hydroxyl groups is 1. The molecule has 104 valence electrons. The molecule has 0 aliphatic heterocycles. The molecule has 5 heteroatoms. The van der Waals surface area contributed by atoms with Gasteiger partial charge in [0.2, 0.25) is 0 Å². The monoisotopic (exact) mass is 264 g/mol. The molecule has 0 amide bonds. The van der Waals surface area contributed by atoms with Gasteiger partial charge in [-0.1, -0.05) is 26.3 Å². The van der Waals surface area contributed by atoms with Crippen LogP contribution < -0.4 is 0 Å². The molecule has 0 fully saturated rings. The van der Waals surface area contributed by atoms with Crippen LogP contribution in [0.4, 0.5) is 13.2 Å². The van der Waals surface area contributed by atoms with Gasteiger partial charge in [-0.05, 0) is 30.9 Å². The van der Waals surface area contributed by atoms with Crippen molar-refractivity contribution in [3.63, 3.8) is 0 Å². The predicted octanol–water partition coefficient (Wildman–Crippen LogP) is 3.92. The molecule has 0 spiro atoms. The first-order valence-corrected chi connectivity index (χ1v) is 6.16. The number of alkyl halides is 3. The highest BCUT2D eigenvalue weighted by atomic mass is 19.4. The van der Waals surface area contributed by atoms with Crippen molar-refractivity contribution in [3.8, 4) is 0 Å². The van der Waals surface area contributed by atoms with Crippen LogP contribution >= 0.6 is 0 Å².